The zero-order chi connectivity index (χ0) is 36.5. The van der Waals surface area contributed by atoms with Crippen LogP contribution in [0.4, 0.5) is 4.79 Å². The summed E-state index contributed by atoms with van der Waals surface area (Å²) in [5, 5.41) is 19.1. The second kappa shape index (κ2) is 20.6. The number of nitrogens with one attached hydrogen (secondary N) is 2. The van der Waals surface area contributed by atoms with Gasteiger partial charge in [0.1, 0.15) is 11.5 Å². The van der Waals surface area contributed by atoms with Crippen LogP contribution in [0.3, 0.4) is 0 Å². The first-order chi connectivity index (χ1) is 23.9. The molecule has 2 atom stereocenters. The fourth-order valence-electron chi connectivity index (χ4n) is 5.49. The van der Waals surface area contributed by atoms with E-state index < -0.39 is 17.6 Å². The SMILES string of the molecule is CC(C)C(C(=O)N1CCC(O)C1)c1cc(OCCCCCCCCNC(=O)OC(C)(C)C)no1.Cc1ncsc1-c1ccc(CNC=O)cc1. The maximum absolute atomic E-state index is 12.9. The summed E-state index contributed by atoms with van der Waals surface area (Å²) in [6, 6.07) is 9.87. The van der Waals surface area contributed by atoms with Crippen LogP contribution < -0.4 is 15.4 Å². The molecule has 4 rings (SSSR count). The molecule has 2 unspecified atom stereocenters. The summed E-state index contributed by atoms with van der Waals surface area (Å²) < 4.78 is 16.4. The maximum Gasteiger partial charge on any atom is 0.407 e. The van der Waals surface area contributed by atoms with E-state index in [1.165, 1.54) is 10.4 Å². The average molecular weight is 714 g/mol. The number of aliphatic hydroxyl groups is 1. The molecule has 1 aliphatic rings. The van der Waals surface area contributed by atoms with Gasteiger partial charge in [0, 0.05) is 32.2 Å². The molecular formula is C37H55N5O7S. The molecule has 3 N–H and O–H groups in total. The Labute approximate surface area is 300 Å². The number of hydrogen-bond acceptors (Lipinski definition) is 10. The van der Waals surface area contributed by atoms with Crippen molar-refractivity contribution < 1.29 is 33.5 Å². The van der Waals surface area contributed by atoms with E-state index in [9.17, 15) is 19.5 Å². The largest absolute Gasteiger partial charge is 0.476 e. The first-order valence-electron chi connectivity index (χ1n) is 17.6. The minimum Gasteiger partial charge on any atom is -0.476 e. The molecule has 1 saturated heterocycles. The average Bonchev–Trinajstić information content (AvgIpc) is 3.82. The van der Waals surface area contributed by atoms with E-state index in [0.717, 1.165) is 49.8 Å². The van der Waals surface area contributed by atoms with Gasteiger partial charge < -0.3 is 34.6 Å². The molecule has 3 amide bonds. The van der Waals surface area contributed by atoms with Gasteiger partial charge in [-0.15, -0.1) is 11.3 Å². The van der Waals surface area contributed by atoms with Crippen LogP contribution in [0.1, 0.15) is 102 Å². The van der Waals surface area contributed by atoms with Gasteiger partial charge in [-0.05, 0) is 69.2 Å². The highest BCUT2D eigenvalue weighted by atomic mass is 32.1. The van der Waals surface area contributed by atoms with Crippen LogP contribution in [-0.4, -0.2) is 76.5 Å². The van der Waals surface area contributed by atoms with Crippen molar-refractivity contribution in [2.75, 3.05) is 26.2 Å². The number of thiazole rings is 1. The van der Waals surface area contributed by atoms with E-state index in [1.807, 2.05) is 59.2 Å². The molecule has 0 aliphatic carbocycles. The fourth-order valence-corrected chi connectivity index (χ4v) is 6.30. The van der Waals surface area contributed by atoms with Gasteiger partial charge in [0.25, 0.3) is 5.88 Å². The molecule has 276 valence electrons. The molecule has 0 radical (unpaired) electrons. The van der Waals surface area contributed by atoms with Crippen LogP contribution in [0.2, 0.25) is 0 Å². The fraction of sp³-hybridized carbons (Fsp3) is 0.595. The molecule has 13 heteroatoms. The van der Waals surface area contributed by atoms with E-state index in [2.05, 4.69) is 32.9 Å². The third-order valence-corrected chi connectivity index (χ3v) is 9.04. The van der Waals surface area contributed by atoms with Crippen molar-refractivity contribution in [3.8, 4) is 16.3 Å². The van der Waals surface area contributed by atoms with Crippen LogP contribution in [-0.2, 0) is 20.9 Å². The van der Waals surface area contributed by atoms with Crippen molar-refractivity contribution in [3.63, 3.8) is 0 Å². The molecule has 1 fully saturated rings. The molecule has 2 aromatic heterocycles. The molecule has 1 aliphatic heterocycles. The number of alkyl carbamates (subject to hydrolysis) is 1. The quantitative estimate of drug-likeness (QED) is 0.103. The van der Waals surface area contributed by atoms with E-state index >= 15 is 0 Å². The van der Waals surface area contributed by atoms with E-state index in [0.29, 0.717) is 57.3 Å². The lowest BCUT2D eigenvalue weighted by molar-refractivity contribution is -0.133. The number of aryl methyl sites for hydroxylation is 1. The van der Waals surface area contributed by atoms with Crippen LogP contribution >= 0.6 is 11.3 Å². The van der Waals surface area contributed by atoms with Crippen molar-refractivity contribution in [3.05, 3.63) is 52.9 Å². The number of β-amino-alcohol motifs (C(OH)–C–C–N with tert-alkyl or cyclic N) is 1. The summed E-state index contributed by atoms with van der Waals surface area (Å²) in [4.78, 5) is 41.8. The van der Waals surface area contributed by atoms with Crippen molar-refractivity contribution in [2.24, 2.45) is 5.92 Å². The molecule has 50 heavy (non-hydrogen) atoms. The van der Waals surface area contributed by atoms with Crippen LogP contribution in [0.15, 0.2) is 40.4 Å². The van der Waals surface area contributed by atoms with Gasteiger partial charge in [0.05, 0.1) is 28.8 Å². The van der Waals surface area contributed by atoms with Gasteiger partial charge in [0.2, 0.25) is 12.3 Å². The number of carbonyl (C=O) groups is 3. The monoisotopic (exact) mass is 713 g/mol. The standard InChI is InChI=1S/C25H43N3O6.C12H12N2OS/c1-18(2)22(23(30)28-14-12-19(29)17-28)20-16-21(27-34-20)32-15-11-9-7-6-8-10-13-26-24(31)33-25(3,4)5;1-9-12(16-8-14-9)11-4-2-10(3-5-11)6-13-7-15/h16,18-19,22,29H,6-15,17H2,1-5H3,(H,26,31);2-5,7-8H,6H2,1H3,(H,13,15). The van der Waals surface area contributed by atoms with Crippen LogP contribution in [0, 0.1) is 12.8 Å². The highest BCUT2D eigenvalue weighted by molar-refractivity contribution is 7.13. The highest BCUT2D eigenvalue weighted by Gasteiger charge is 2.35. The Morgan fingerprint density at radius 2 is 1.82 bits per heavy atom. The van der Waals surface area contributed by atoms with Crippen molar-refractivity contribution >= 4 is 29.7 Å². The number of nitrogens with zero attached hydrogens (tertiary/aromatic N) is 3. The first kappa shape index (κ1) is 40.5. The third kappa shape index (κ3) is 14.1. The highest BCUT2D eigenvalue weighted by Crippen LogP contribution is 2.31. The smallest absolute Gasteiger partial charge is 0.407 e. The molecule has 12 nitrogen and oxygen atoms in total. The third-order valence-electron chi connectivity index (χ3n) is 8.06. The van der Waals surface area contributed by atoms with Crippen molar-refractivity contribution in [1.29, 1.82) is 0 Å². The van der Waals surface area contributed by atoms with Crippen LogP contribution in [0.5, 0.6) is 5.88 Å². The second-order valence-corrected chi connectivity index (χ2v) is 14.7. The first-order valence-corrected chi connectivity index (χ1v) is 18.5. The number of likely N-dealkylation sites (tertiary alicyclic amines) is 1. The Hall–Kier alpha value is -3.97. The Balaban J connectivity index is 0.000000349. The predicted octanol–water partition coefficient (Wildman–Crippen LogP) is 6.62. The second-order valence-electron chi connectivity index (χ2n) is 13.9. The summed E-state index contributed by atoms with van der Waals surface area (Å²) in [6.07, 6.45) is 6.68. The summed E-state index contributed by atoms with van der Waals surface area (Å²) >= 11 is 1.64. The normalized spacial score (nSPS) is 14.9. The molecule has 0 spiro atoms. The van der Waals surface area contributed by atoms with Gasteiger partial charge in [-0.2, -0.15) is 0 Å². The summed E-state index contributed by atoms with van der Waals surface area (Å²) in [6.45, 7) is 14.2. The molecule has 0 bridgehead atoms. The number of ether oxygens (including phenoxy) is 2. The minimum atomic E-state index is -0.467. The Morgan fingerprint density at radius 1 is 1.12 bits per heavy atom. The lowest BCUT2D eigenvalue weighted by Gasteiger charge is -2.23. The number of rotatable bonds is 17. The Morgan fingerprint density at radius 3 is 2.42 bits per heavy atom. The number of aliphatic hydroxyl groups excluding tert-OH is 1. The molecule has 3 heterocycles. The predicted molar refractivity (Wildman–Crippen MR) is 194 cm³/mol. The lowest BCUT2D eigenvalue weighted by atomic mass is 9.92. The van der Waals surface area contributed by atoms with Gasteiger partial charge >= 0.3 is 6.09 Å². The number of aromatic nitrogens is 2. The van der Waals surface area contributed by atoms with Crippen LogP contribution in [0.25, 0.3) is 10.4 Å². The number of benzene rings is 1. The van der Waals surface area contributed by atoms with Gasteiger partial charge in [-0.3, -0.25) is 9.59 Å². The van der Waals surface area contributed by atoms with E-state index in [-0.39, 0.29) is 17.9 Å². The number of hydrogen-bond donors (Lipinski definition) is 3. The molecule has 1 aromatic carbocycles. The van der Waals surface area contributed by atoms with Gasteiger partial charge in [0.15, 0.2) is 5.76 Å². The Bertz CT molecular complexity index is 1450. The maximum atomic E-state index is 12.9. The summed E-state index contributed by atoms with van der Waals surface area (Å²) in [5.41, 5.74) is 4.72. The molecule has 0 saturated carbocycles. The van der Waals surface area contributed by atoms with Gasteiger partial charge in [-0.1, -0.05) is 63.8 Å². The Kier molecular flexibility index (Phi) is 16.7. The van der Waals surface area contributed by atoms with Crippen molar-refractivity contribution in [1.82, 2.24) is 25.7 Å². The number of unbranched alkanes of at least 4 members (excludes halogenated alkanes) is 5. The number of amides is 3. The van der Waals surface area contributed by atoms with E-state index in [4.69, 9.17) is 14.0 Å². The minimum absolute atomic E-state index is 0.0319. The zero-order valence-electron chi connectivity index (χ0n) is 30.4. The lowest BCUT2D eigenvalue weighted by Crippen LogP contribution is -2.35. The summed E-state index contributed by atoms with van der Waals surface area (Å²) in [5.74, 6) is 0.500. The zero-order valence-corrected chi connectivity index (χ0v) is 31.2. The topological polar surface area (TPSA) is 156 Å². The van der Waals surface area contributed by atoms with E-state index in [1.54, 1.807) is 22.3 Å². The summed E-state index contributed by atoms with van der Waals surface area (Å²) in [7, 11) is 0. The van der Waals surface area contributed by atoms with Crippen molar-refractivity contribution in [2.45, 2.75) is 111 Å². The molecular weight excluding hydrogens is 659 g/mol. The van der Waals surface area contributed by atoms with Gasteiger partial charge in [-0.25, -0.2) is 9.78 Å². The number of carbonyl (C=O) groups excluding carboxylic acids is 3. The molecule has 3 aromatic rings.